The maximum Gasteiger partial charge on any atom is 0.0795 e. The molecule has 1 N–H and O–H groups in total. The molecule has 2 rings (SSSR count). The molecule has 0 bridgehead atoms. The average Bonchev–Trinajstić information content (AvgIpc) is 2.63. The van der Waals surface area contributed by atoms with E-state index in [1.54, 1.807) is 0 Å². The van der Waals surface area contributed by atoms with Gasteiger partial charge in [0.2, 0.25) is 0 Å². The van der Waals surface area contributed by atoms with Crippen LogP contribution in [0.1, 0.15) is 19.3 Å². The van der Waals surface area contributed by atoms with E-state index in [9.17, 15) is 0 Å². The van der Waals surface area contributed by atoms with Gasteiger partial charge in [0.25, 0.3) is 0 Å². The first-order valence-corrected chi connectivity index (χ1v) is 7.02. The third-order valence-corrected chi connectivity index (χ3v) is 4.50. The van der Waals surface area contributed by atoms with Gasteiger partial charge in [-0.1, -0.05) is 18.2 Å². The summed E-state index contributed by atoms with van der Waals surface area (Å²) in [6, 6.07) is 0.549. The molecule has 2 atom stereocenters. The summed E-state index contributed by atoms with van der Waals surface area (Å²) in [7, 11) is 0. The molecule has 0 aromatic carbocycles. The van der Waals surface area contributed by atoms with Crippen molar-refractivity contribution in [1.82, 2.24) is 5.32 Å². The lowest BCUT2D eigenvalue weighted by atomic mass is 9.90. The molecular weight excluding hydrogens is 230 g/mol. The van der Waals surface area contributed by atoms with Crippen LogP contribution in [0.5, 0.6) is 0 Å². The number of nitrogens with one attached hydrogen (secondary N) is 1. The molecule has 2 aliphatic rings. The van der Waals surface area contributed by atoms with E-state index in [-0.39, 0.29) is 5.60 Å². The Bertz CT molecular complexity index is 241. The van der Waals surface area contributed by atoms with Crippen molar-refractivity contribution in [2.75, 3.05) is 24.7 Å². The highest BCUT2D eigenvalue weighted by Crippen LogP contribution is 2.38. The Labute approximate surface area is 101 Å². The third-order valence-electron chi connectivity index (χ3n) is 3.14. The third kappa shape index (κ3) is 3.13. The molecule has 0 saturated carbocycles. The molecular formula is C11H18ClNOS. The minimum absolute atomic E-state index is 0.161. The van der Waals surface area contributed by atoms with Crippen LogP contribution in [0, 0.1) is 0 Å². The van der Waals surface area contributed by atoms with Crippen LogP contribution >= 0.6 is 23.4 Å². The Morgan fingerprint density at radius 3 is 3.20 bits per heavy atom. The highest BCUT2D eigenvalue weighted by molar-refractivity contribution is 7.99. The molecule has 2 saturated heterocycles. The van der Waals surface area contributed by atoms with Crippen molar-refractivity contribution < 1.29 is 4.74 Å². The Morgan fingerprint density at radius 2 is 2.53 bits per heavy atom. The van der Waals surface area contributed by atoms with Crippen molar-refractivity contribution in [3.63, 3.8) is 0 Å². The second kappa shape index (κ2) is 5.09. The first-order valence-electron chi connectivity index (χ1n) is 5.49. The molecule has 86 valence electrons. The van der Waals surface area contributed by atoms with Gasteiger partial charge < -0.3 is 10.1 Å². The maximum atomic E-state index is 5.95. The fourth-order valence-electron chi connectivity index (χ4n) is 2.32. The van der Waals surface area contributed by atoms with Crippen LogP contribution in [0.4, 0.5) is 0 Å². The molecule has 15 heavy (non-hydrogen) atoms. The summed E-state index contributed by atoms with van der Waals surface area (Å²) >= 11 is 7.77. The first kappa shape index (κ1) is 11.8. The van der Waals surface area contributed by atoms with Crippen molar-refractivity contribution in [3.8, 4) is 0 Å². The van der Waals surface area contributed by atoms with Gasteiger partial charge in [0.1, 0.15) is 0 Å². The molecule has 0 aliphatic carbocycles. The van der Waals surface area contributed by atoms with Gasteiger partial charge in [-0.3, -0.25) is 0 Å². The second-order valence-corrected chi connectivity index (χ2v) is 6.06. The highest BCUT2D eigenvalue weighted by Gasteiger charge is 2.40. The Balaban J connectivity index is 1.84. The lowest BCUT2D eigenvalue weighted by molar-refractivity contribution is -0.0696. The van der Waals surface area contributed by atoms with Crippen LogP contribution in [0.25, 0.3) is 0 Å². The normalized spacial score (nSPS) is 35.9. The molecule has 4 heteroatoms. The van der Waals surface area contributed by atoms with Crippen molar-refractivity contribution in [2.24, 2.45) is 0 Å². The standard InChI is InChI=1S/C11H18ClNOS/c1-9(12)7-13-10-2-4-14-11(6-10)3-5-15-8-11/h10,13H,1-8H2. The number of hydrogen-bond acceptors (Lipinski definition) is 3. The quantitative estimate of drug-likeness (QED) is 0.828. The fraction of sp³-hybridized carbons (Fsp3) is 0.818. The minimum Gasteiger partial charge on any atom is -0.374 e. The highest BCUT2D eigenvalue weighted by atomic mass is 35.5. The average molecular weight is 248 g/mol. The monoisotopic (exact) mass is 247 g/mol. The molecule has 0 aromatic rings. The number of thioether (sulfide) groups is 1. The zero-order valence-corrected chi connectivity index (χ0v) is 10.5. The van der Waals surface area contributed by atoms with Gasteiger partial charge in [-0.15, -0.1) is 0 Å². The Kier molecular flexibility index (Phi) is 3.99. The van der Waals surface area contributed by atoms with Crippen molar-refractivity contribution in [2.45, 2.75) is 30.9 Å². The van der Waals surface area contributed by atoms with Crippen LogP contribution in [-0.4, -0.2) is 36.3 Å². The molecule has 2 unspecified atom stereocenters. The van der Waals surface area contributed by atoms with E-state index in [1.165, 1.54) is 12.2 Å². The lowest BCUT2D eigenvalue weighted by Gasteiger charge is -2.38. The topological polar surface area (TPSA) is 21.3 Å². The van der Waals surface area contributed by atoms with E-state index in [0.717, 1.165) is 31.7 Å². The van der Waals surface area contributed by atoms with Crippen molar-refractivity contribution in [3.05, 3.63) is 11.6 Å². The van der Waals surface area contributed by atoms with E-state index >= 15 is 0 Å². The molecule has 2 heterocycles. The zero-order valence-electron chi connectivity index (χ0n) is 8.93. The SMILES string of the molecule is C=C(Cl)CNC1CCOC2(CCSC2)C1. The van der Waals surface area contributed by atoms with E-state index in [2.05, 4.69) is 11.9 Å². The number of halogens is 1. The maximum absolute atomic E-state index is 5.95. The van der Waals surface area contributed by atoms with Gasteiger partial charge in [-0.2, -0.15) is 11.8 Å². The number of rotatable bonds is 3. The van der Waals surface area contributed by atoms with E-state index < -0.39 is 0 Å². The fourth-order valence-corrected chi connectivity index (χ4v) is 3.78. The van der Waals surface area contributed by atoms with Crippen LogP contribution in [-0.2, 0) is 4.74 Å². The van der Waals surface area contributed by atoms with Gasteiger partial charge in [0.15, 0.2) is 0 Å². The second-order valence-electron chi connectivity index (χ2n) is 4.42. The molecule has 0 aromatic heterocycles. The summed E-state index contributed by atoms with van der Waals surface area (Å²) in [5.74, 6) is 2.40. The van der Waals surface area contributed by atoms with Crippen molar-refractivity contribution in [1.29, 1.82) is 0 Å². The van der Waals surface area contributed by atoms with Crippen molar-refractivity contribution >= 4 is 23.4 Å². The zero-order chi connectivity index (χ0) is 10.7. The molecule has 2 aliphatic heterocycles. The largest absolute Gasteiger partial charge is 0.374 e. The van der Waals surface area contributed by atoms with Gasteiger partial charge in [-0.05, 0) is 25.0 Å². The molecule has 0 amide bonds. The summed E-state index contributed by atoms with van der Waals surface area (Å²) in [5.41, 5.74) is 0.161. The molecule has 0 radical (unpaired) electrons. The molecule has 1 spiro atoms. The Morgan fingerprint density at radius 1 is 1.67 bits per heavy atom. The van der Waals surface area contributed by atoms with Gasteiger partial charge >= 0.3 is 0 Å². The minimum atomic E-state index is 0.161. The summed E-state index contributed by atoms with van der Waals surface area (Å²) in [6.45, 7) is 5.30. The number of hydrogen-bond donors (Lipinski definition) is 1. The lowest BCUT2D eigenvalue weighted by Crippen LogP contribution is -2.47. The smallest absolute Gasteiger partial charge is 0.0795 e. The van der Waals surface area contributed by atoms with E-state index in [1.807, 2.05) is 11.8 Å². The summed E-state index contributed by atoms with van der Waals surface area (Å²) in [4.78, 5) is 0. The van der Waals surface area contributed by atoms with E-state index in [0.29, 0.717) is 11.1 Å². The first-order chi connectivity index (χ1) is 7.20. The van der Waals surface area contributed by atoms with Gasteiger partial charge in [0, 0.05) is 30.0 Å². The van der Waals surface area contributed by atoms with Crippen LogP contribution in [0.2, 0.25) is 0 Å². The predicted octanol–water partition coefficient (Wildman–Crippen LogP) is 2.38. The van der Waals surface area contributed by atoms with Gasteiger partial charge in [-0.25, -0.2) is 0 Å². The predicted molar refractivity (Wildman–Crippen MR) is 66.6 cm³/mol. The van der Waals surface area contributed by atoms with Gasteiger partial charge in [0.05, 0.1) is 5.60 Å². The summed E-state index contributed by atoms with van der Waals surface area (Å²) < 4.78 is 5.95. The number of ether oxygens (including phenoxy) is 1. The summed E-state index contributed by atoms with van der Waals surface area (Å²) in [5, 5.41) is 4.14. The Hall–Kier alpha value is 0.300. The summed E-state index contributed by atoms with van der Waals surface area (Å²) in [6.07, 6.45) is 3.43. The van der Waals surface area contributed by atoms with Crippen LogP contribution in [0.15, 0.2) is 11.6 Å². The van der Waals surface area contributed by atoms with Crippen LogP contribution < -0.4 is 5.32 Å². The van der Waals surface area contributed by atoms with E-state index in [4.69, 9.17) is 16.3 Å². The van der Waals surface area contributed by atoms with Crippen LogP contribution in [0.3, 0.4) is 0 Å². The molecule has 2 nitrogen and oxygen atoms in total. The molecule has 2 fully saturated rings.